The number of ether oxygens (including phenoxy) is 1. The third-order valence-corrected chi connectivity index (χ3v) is 4.15. The van der Waals surface area contributed by atoms with Crippen molar-refractivity contribution in [2.45, 2.75) is 31.9 Å². The Morgan fingerprint density at radius 1 is 1.19 bits per heavy atom. The van der Waals surface area contributed by atoms with E-state index in [9.17, 15) is 0 Å². The Kier molecular flexibility index (Phi) is 2.76. The van der Waals surface area contributed by atoms with Crippen molar-refractivity contribution in [3.05, 3.63) is 52.6 Å². The molecule has 5 heteroatoms. The predicted molar refractivity (Wildman–Crippen MR) is 81.1 cm³/mol. The molecule has 1 aromatic carbocycles. The molecule has 0 unspecified atom stereocenters. The van der Waals surface area contributed by atoms with E-state index in [1.165, 1.54) is 11.9 Å². The van der Waals surface area contributed by atoms with Gasteiger partial charge < -0.3 is 4.74 Å². The van der Waals surface area contributed by atoms with Crippen LogP contribution in [0.5, 0.6) is 5.75 Å². The van der Waals surface area contributed by atoms with Gasteiger partial charge in [-0.05, 0) is 37.5 Å². The van der Waals surface area contributed by atoms with Gasteiger partial charge in [-0.3, -0.25) is 4.99 Å². The lowest BCUT2D eigenvalue weighted by molar-refractivity contribution is 0.200. The number of rotatable bonds is 3. The van der Waals surface area contributed by atoms with Gasteiger partial charge in [0.1, 0.15) is 22.8 Å². The van der Waals surface area contributed by atoms with Gasteiger partial charge in [0.2, 0.25) is 0 Å². The average molecular weight is 300 g/mol. The van der Waals surface area contributed by atoms with Gasteiger partial charge in [0.05, 0.1) is 18.0 Å². The monoisotopic (exact) mass is 299 g/mol. The van der Waals surface area contributed by atoms with Gasteiger partial charge in [0, 0.05) is 11.6 Å². The standard InChI is InChI=1S/C16H14ClN3O/c1-16(4-5-16)21-11-3-2-10-8-18-15(12(10)6-11)13-7-14(17)20-9-19-13/h2-3,6-7,9H,4-5,8H2,1H3. The molecule has 0 saturated heterocycles. The van der Waals surface area contributed by atoms with E-state index in [1.54, 1.807) is 6.07 Å². The zero-order valence-corrected chi connectivity index (χ0v) is 12.4. The number of hydrogen-bond donors (Lipinski definition) is 0. The molecule has 2 aliphatic rings. The number of hydrogen-bond acceptors (Lipinski definition) is 4. The van der Waals surface area contributed by atoms with Crippen molar-refractivity contribution in [2.75, 3.05) is 0 Å². The normalized spacial score (nSPS) is 18.1. The van der Waals surface area contributed by atoms with Crippen LogP contribution >= 0.6 is 11.6 Å². The third kappa shape index (κ3) is 2.40. The molecule has 4 nitrogen and oxygen atoms in total. The average Bonchev–Trinajstić information content (AvgIpc) is 3.04. The van der Waals surface area contributed by atoms with Crippen molar-refractivity contribution in [3.8, 4) is 5.75 Å². The molecule has 0 amide bonds. The Bertz CT molecular complexity index is 753. The highest BCUT2D eigenvalue weighted by Crippen LogP contribution is 2.40. The second-order valence-electron chi connectivity index (χ2n) is 5.76. The molecule has 21 heavy (non-hydrogen) atoms. The van der Waals surface area contributed by atoms with Crippen molar-refractivity contribution >= 4 is 17.3 Å². The molecule has 106 valence electrons. The Morgan fingerprint density at radius 3 is 2.81 bits per heavy atom. The summed E-state index contributed by atoms with van der Waals surface area (Å²) in [6.07, 6.45) is 3.70. The van der Waals surface area contributed by atoms with E-state index in [4.69, 9.17) is 16.3 Å². The molecule has 1 fully saturated rings. The Hall–Kier alpha value is -1.94. The molecule has 1 aliphatic heterocycles. The van der Waals surface area contributed by atoms with E-state index < -0.39 is 0 Å². The van der Waals surface area contributed by atoms with Crippen molar-refractivity contribution in [1.82, 2.24) is 9.97 Å². The van der Waals surface area contributed by atoms with Crippen molar-refractivity contribution < 1.29 is 4.74 Å². The molecule has 1 aromatic heterocycles. The lowest BCUT2D eigenvalue weighted by atomic mass is 10.0. The van der Waals surface area contributed by atoms with Crippen LogP contribution < -0.4 is 4.74 Å². The quantitative estimate of drug-likeness (QED) is 0.816. The smallest absolute Gasteiger partial charge is 0.133 e. The fourth-order valence-electron chi connectivity index (χ4n) is 2.47. The van der Waals surface area contributed by atoms with Crippen LogP contribution in [0.4, 0.5) is 0 Å². The van der Waals surface area contributed by atoms with Gasteiger partial charge in [-0.25, -0.2) is 9.97 Å². The lowest BCUT2D eigenvalue weighted by Crippen LogP contribution is -2.12. The van der Waals surface area contributed by atoms with Gasteiger partial charge in [-0.1, -0.05) is 17.7 Å². The lowest BCUT2D eigenvalue weighted by Gasteiger charge is -2.14. The SMILES string of the molecule is CC1(Oc2ccc3c(c2)C(c2cc(Cl)ncn2)=NC3)CC1. The van der Waals surface area contributed by atoms with Crippen LogP contribution in [0.3, 0.4) is 0 Å². The van der Waals surface area contributed by atoms with Crippen molar-refractivity contribution in [1.29, 1.82) is 0 Å². The molecule has 0 spiro atoms. The minimum Gasteiger partial charge on any atom is -0.488 e. The maximum absolute atomic E-state index is 6.03. The van der Waals surface area contributed by atoms with Crippen LogP contribution in [0.15, 0.2) is 35.6 Å². The first-order valence-corrected chi connectivity index (χ1v) is 7.35. The maximum atomic E-state index is 6.03. The summed E-state index contributed by atoms with van der Waals surface area (Å²) in [6, 6.07) is 7.90. The number of fused-ring (bicyclic) bond motifs is 1. The minimum atomic E-state index is 0.0162. The highest BCUT2D eigenvalue weighted by Gasteiger charge is 2.40. The number of aromatic nitrogens is 2. The minimum absolute atomic E-state index is 0.0162. The van der Waals surface area contributed by atoms with Gasteiger partial charge in [0.15, 0.2) is 0 Å². The fourth-order valence-corrected chi connectivity index (χ4v) is 2.62. The Balaban J connectivity index is 1.70. The van der Waals surface area contributed by atoms with E-state index in [2.05, 4.69) is 34.0 Å². The number of benzene rings is 1. The molecule has 4 rings (SSSR count). The first-order chi connectivity index (χ1) is 10.1. The van der Waals surface area contributed by atoms with Gasteiger partial charge in [-0.2, -0.15) is 0 Å². The highest BCUT2D eigenvalue weighted by atomic mass is 35.5. The summed E-state index contributed by atoms with van der Waals surface area (Å²) in [5.74, 6) is 0.892. The zero-order chi connectivity index (χ0) is 14.4. The van der Waals surface area contributed by atoms with Crippen LogP contribution in [0.2, 0.25) is 5.15 Å². The van der Waals surface area contributed by atoms with Crippen molar-refractivity contribution in [3.63, 3.8) is 0 Å². The highest BCUT2D eigenvalue weighted by molar-refractivity contribution is 6.30. The third-order valence-electron chi connectivity index (χ3n) is 3.94. The molecule has 1 saturated carbocycles. The largest absolute Gasteiger partial charge is 0.488 e. The molecular weight excluding hydrogens is 286 g/mol. The number of nitrogens with zero attached hydrogens (tertiary/aromatic N) is 3. The summed E-state index contributed by atoms with van der Waals surface area (Å²) in [7, 11) is 0. The van der Waals surface area contributed by atoms with Gasteiger partial charge in [-0.15, -0.1) is 0 Å². The summed E-state index contributed by atoms with van der Waals surface area (Å²) in [5, 5.41) is 0.425. The maximum Gasteiger partial charge on any atom is 0.133 e. The van der Waals surface area contributed by atoms with Crippen LogP contribution in [-0.2, 0) is 6.54 Å². The summed E-state index contributed by atoms with van der Waals surface area (Å²) in [4.78, 5) is 12.8. The first-order valence-electron chi connectivity index (χ1n) is 6.98. The van der Waals surface area contributed by atoms with E-state index in [0.29, 0.717) is 11.7 Å². The van der Waals surface area contributed by atoms with E-state index in [-0.39, 0.29) is 5.60 Å². The van der Waals surface area contributed by atoms with Crippen LogP contribution in [0.25, 0.3) is 0 Å². The molecule has 0 bridgehead atoms. The summed E-state index contributed by atoms with van der Waals surface area (Å²) in [6.45, 7) is 2.81. The number of halogens is 1. The molecule has 0 atom stereocenters. The first kappa shape index (κ1) is 12.8. The summed E-state index contributed by atoms with van der Waals surface area (Å²) in [5.41, 5.74) is 3.89. The van der Waals surface area contributed by atoms with Gasteiger partial charge in [0.25, 0.3) is 0 Å². The van der Waals surface area contributed by atoms with Crippen LogP contribution in [0, 0.1) is 0 Å². The van der Waals surface area contributed by atoms with Crippen molar-refractivity contribution in [2.24, 2.45) is 4.99 Å². The molecule has 0 N–H and O–H groups in total. The van der Waals surface area contributed by atoms with Crippen LogP contribution in [0.1, 0.15) is 36.6 Å². The summed E-state index contributed by atoms with van der Waals surface area (Å²) < 4.78 is 6.03. The predicted octanol–water partition coefficient (Wildman–Crippen LogP) is 3.41. The molecule has 2 aromatic rings. The molecule has 1 aliphatic carbocycles. The van der Waals surface area contributed by atoms with E-state index in [0.717, 1.165) is 35.6 Å². The molecular formula is C16H14ClN3O. The zero-order valence-electron chi connectivity index (χ0n) is 11.6. The topological polar surface area (TPSA) is 47.4 Å². The Labute approximate surface area is 127 Å². The van der Waals surface area contributed by atoms with Crippen LogP contribution in [-0.4, -0.2) is 21.3 Å². The van der Waals surface area contributed by atoms with Gasteiger partial charge >= 0.3 is 0 Å². The molecule has 0 radical (unpaired) electrons. The van der Waals surface area contributed by atoms with E-state index >= 15 is 0 Å². The second kappa shape index (κ2) is 4.53. The van der Waals surface area contributed by atoms with E-state index in [1.807, 2.05) is 6.07 Å². The fraction of sp³-hybridized carbons (Fsp3) is 0.312. The number of aliphatic imine (C=N–C) groups is 1. The summed E-state index contributed by atoms with van der Waals surface area (Å²) >= 11 is 5.95. The Morgan fingerprint density at radius 2 is 2.05 bits per heavy atom. The molecule has 2 heterocycles. The second-order valence-corrected chi connectivity index (χ2v) is 6.15.